The molecular formula is C11H15N5O3S. The number of sulfonamides is 1. The van der Waals surface area contributed by atoms with E-state index in [2.05, 4.69) is 24.7 Å². The number of hydrogen-bond donors (Lipinski definition) is 2. The molecule has 2 aromatic heterocycles. The Morgan fingerprint density at radius 1 is 1.40 bits per heavy atom. The van der Waals surface area contributed by atoms with Gasteiger partial charge in [0, 0.05) is 18.2 Å². The van der Waals surface area contributed by atoms with Crippen LogP contribution in [0.3, 0.4) is 0 Å². The van der Waals surface area contributed by atoms with E-state index in [4.69, 9.17) is 4.74 Å². The summed E-state index contributed by atoms with van der Waals surface area (Å²) in [6.45, 7) is 3.59. The molecule has 2 rings (SSSR count). The number of rotatable bonds is 5. The van der Waals surface area contributed by atoms with Crippen molar-refractivity contribution in [2.24, 2.45) is 0 Å². The number of aryl methyl sites for hydroxylation is 2. The molecule has 0 bridgehead atoms. The molecule has 0 saturated carbocycles. The molecule has 0 spiro atoms. The summed E-state index contributed by atoms with van der Waals surface area (Å²) in [7, 11) is -2.35. The van der Waals surface area contributed by atoms with Crippen molar-refractivity contribution in [2.75, 3.05) is 11.8 Å². The smallest absolute Gasteiger partial charge is 0.281 e. The highest BCUT2D eigenvalue weighted by molar-refractivity contribution is 7.92. The highest BCUT2D eigenvalue weighted by Crippen LogP contribution is 2.15. The summed E-state index contributed by atoms with van der Waals surface area (Å²) in [4.78, 5) is 14.6. The fourth-order valence-electron chi connectivity index (χ4n) is 1.52. The molecule has 0 aliphatic heterocycles. The molecule has 108 valence electrons. The van der Waals surface area contributed by atoms with Gasteiger partial charge >= 0.3 is 0 Å². The van der Waals surface area contributed by atoms with Crippen molar-refractivity contribution in [2.45, 2.75) is 25.3 Å². The Morgan fingerprint density at radius 3 is 2.75 bits per heavy atom. The first-order valence-corrected chi connectivity index (χ1v) is 7.39. The molecule has 2 N–H and O–H groups in total. The van der Waals surface area contributed by atoms with Gasteiger partial charge < -0.3 is 9.72 Å². The van der Waals surface area contributed by atoms with Crippen LogP contribution in [0.15, 0.2) is 17.3 Å². The Morgan fingerprint density at radius 2 is 2.15 bits per heavy atom. The van der Waals surface area contributed by atoms with Gasteiger partial charge in [-0.1, -0.05) is 6.92 Å². The van der Waals surface area contributed by atoms with E-state index in [-0.39, 0.29) is 16.9 Å². The third-order valence-electron chi connectivity index (χ3n) is 2.50. The third-order valence-corrected chi connectivity index (χ3v) is 3.73. The Balaban J connectivity index is 2.30. The number of H-pyrrole nitrogens is 1. The summed E-state index contributed by atoms with van der Waals surface area (Å²) in [5, 5.41) is -0.0292. The lowest BCUT2D eigenvalue weighted by atomic mass is 10.4. The predicted octanol–water partition coefficient (Wildman–Crippen LogP) is 0.880. The highest BCUT2D eigenvalue weighted by Gasteiger charge is 2.19. The van der Waals surface area contributed by atoms with E-state index in [0.717, 1.165) is 0 Å². The molecule has 0 radical (unpaired) electrons. The predicted molar refractivity (Wildman–Crippen MR) is 72.1 cm³/mol. The zero-order valence-electron chi connectivity index (χ0n) is 11.3. The fraction of sp³-hybridized carbons (Fsp3) is 0.364. The number of ether oxygens (including phenoxy) is 1. The minimum Gasteiger partial charge on any atom is -0.481 e. The molecule has 0 aliphatic carbocycles. The zero-order valence-corrected chi connectivity index (χ0v) is 12.2. The third kappa shape index (κ3) is 3.05. The lowest BCUT2D eigenvalue weighted by Crippen LogP contribution is -2.16. The van der Waals surface area contributed by atoms with E-state index >= 15 is 0 Å². The average Bonchev–Trinajstić information content (AvgIpc) is 2.87. The molecule has 9 heteroatoms. The highest BCUT2D eigenvalue weighted by atomic mass is 32.2. The van der Waals surface area contributed by atoms with Gasteiger partial charge in [-0.2, -0.15) is 13.4 Å². The van der Waals surface area contributed by atoms with Gasteiger partial charge in [-0.25, -0.2) is 14.7 Å². The average molecular weight is 297 g/mol. The van der Waals surface area contributed by atoms with Crippen molar-refractivity contribution in [1.82, 2.24) is 19.9 Å². The zero-order chi connectivity index (χ0) is 14.8. The SMILES string of the molecule is CCc1ncc(S(=O)(=O)Nc2nc(C)cc(OC)n2)[nH]1. The van der Waals surface area contributed by atoms with Crippen molar-refractivity contribution in [1.29, 1.82) is 0 Å². The van der Waals surface area contributed by atoms with Crippen LogP contribution in [0.25, 0.3) is 0 Å². The molecule has 0 aromatic carbocycles. The standard InChI is InChI=1S/C11H15N5O3S/c1-4-8-12-6-10(14-8)20(17,18)16-11-13-7(2)5-9(15-11)19-3/h5-6H,4H2,1-3H3,(H,12,14)(H,13,15,16). The monoisotopic (exact) mass is 297 g/mol. The summed E-state index contributed by atoms with van der Waals surface area (Å²) >= 11 is 0. The van der Waals surface area contributed by atoms with Gasteiger partial charge in [-0.3, -0.25) is 0 Å². The normalized spacial score (nSPS) is 11.3. The lowest BCUT2D eigenvalue weighted by Gasteiger charge is -2.07. The second kappa shape index (κ2) is 5.45. The topological polar surface area (TPSA) is 110 Å². The van der Waals surface area contributed by atoms with E-state index in [1.807, 2.05) is 6.92 Å². The van der Waals surface area contributed by atoms with Crippen LogP contribution in [0.4, 0.5) is 5.95 Å². The van der Waals surface area contributed by atoms with Crippen LogP contribution in [-0.4, -0.2) is 35.5 Å². The molecule has 0 unspecified atom stereocenters. The van der Waals surface area contributed by atoms with Crippen LogP contribution >= 0.6 is 0 Å². The maximum atomic E-state index is 12.1. The van der Waals surface area contributed by atoms with Crippen LogP contribution in [-0.2, 0) is 16.4 Å². The van der Waals surface area contributed by atoms with Crippen molar-refractivity contribution >= 4 is 16.0 Å². The molecule has 8 nitrogen and oxygen atoms in total. The maximum Gasteiger partial charge on any atom is 0.281 e. The molecule has 0 amide bonds. The quantitative estimate of drug-likeness (QED) is 0.847. The number of nitrogens with one attached hydrogen (secondary N) is 2. The van der Waals surface area contributed by atoms with E-state index < -0.39 is 10.0 Å². The maximum absolute atomic E-state index is 12.1. The van der Waals surface area contributed by atoms with Crippen molar-refractivity contribution in [3.05, 3.63) is 23.8 Å². The minimum absolute atomic E-state index is 0.0292. The van der Waals surface area contributed by atoms with Gasteiger partial charge in [0.2, 0.25) is 11.8 Å². The first-order chi connectivity index (χ1) is 9.44. The van der Waals surface area contributed by atoms with Gasteiger partial charge in [0.05, 0.1) is 13.3 Å². The van der Waals surface area contributed by atoms with Crippen LogP contribution in [0, 0.1) is 6.92 Å². The summed E-state index contributed by atoms with van der Waals surface area (Å²) < 4.78 is 31.5. The number of anilines is 1. The molecule has 2 heterocycles. The van der Waals surface area contributed by atoms with Gasteiger partial charge in [0.15, 0.2) is 5.03 Å². The number of aromatic nitrogens is 4. The first kappa shape index (κ1) is 14.3. The van der Waals surface area contributed by atoms with Gasteiger partial charge in [0.1, 0.15) is 5.82 Å². The van der Waals surface area contributed by atoms with Crippen molar-refractivity contribution < 1.29 is 13.2 Å². The second-order valence-corrected chi connectivity index (χ2v) is 5.68. The minimum atomic E-state index is -3.79. The molecule has 20 heavy (non-hydrogen) atoms. The van der Waals surface area contributed by atoms with Crippen LogP contribution < -0.4 is 9.46 Å². The summed E-state index contributed by atoms with van der Waals surface area (Å²) in [5.41, 5.74) is 0.591. The molecule has 0 aliphatic rings. The van der Waals surface area contributed by atoms with E-state index in [9.17, 15) is 8.42 Å². The molecule has 0 saturated heterocycles. The summed E-state index contributed by atoms with van der Waals surface area (Å²) in [5.74, 6) is 0.830. The molecule has 0 atom stereocenters. The van der Waals surface area contributed by atoms with E-state index in [0.29, 0.717) is 17.9 Å². The number of methoxy groups -OCH3 is 1. The van der Waals surface area contributed by atoms with E-state index in [1.54, 1.807) is 13.0 Å². The van der Waals surface area contributed by atoms with Gasteiger partial charge in [0.25, 0.3) is 10.0 Å². The summed E-state index contributed by atoms with van der Waals surface area (Å²) in [6, 6.07) is 1.60. The van der Waals surface area contributed by atoms with Crippen LogP contribution in [0.5, 0.6) is 5.88 Å². The molecule has 2 aromatic rings. The van der Waals surface area contributed by atoms with Crippen LogP contribution in [0.2, 0.25) is 0 Å². The molecular weight excluding hydrogens is 282 g/mol. The van der Waals surface area contributed by atoms with Crippen molar-refractivity contribution in [3.63, 3.8) is 0 Å². The van der Waals surface area contributed by atoms with Crippen molar-refractivity contribution in [3.8, 4) is 5.88 Å². The fourth-order valence-corrected chi connectivity index (χ4v) is 2.41. The Labute approximate surface area is 116 Å². The van der Waals surface area contributed by atoms with Crippen LogP contribution in [0.1, 0.15) is 18.4 Å². The summed E-state index contributed by atoms with van der Waals surface area (Å²) in [6.07, 6.45) is 1.87. The van der Waals surface area contributed by atoms with Gasteiger partial charge in [-0.15, -0.1) is 0 Å². The van der Waals surface area contributed by atoms with Gasteiger partial charge in [-0.05, 0) is 6.92 Å². The lowest BCUT2D eigenvalue weighted by molar-refractivity contribution is 0.397. The number of aromatic amines is 1. The second-order valence-electron chi connectivity index (χ2n) is 4.03. The van der Waals surface area contributed by atoms with E-state index in [1.165, 1.54) is 13.3 Å². The number of nitrogens with zero attached hydrogens (tertiary/aromatic N) is 3. The number of imidazole rings is 1. The largest absolute Gasteiger partial charge is 0.481 e. The number of hydrogen-bond acceptors (Lipinski definition) is 6. The first-order valence-electron chi connectivity index (χ1n) is 5.91. The Kier molecular flexibility index (Phi) is 3.89. The Hall–Kier alpha value is -2.16. The molecule has 0 fully saturated rings. The Bertz CT molecular complexity index is 711.